The minimum absolute atomic E-state index is 0.0778. The highest BCUT2D eigenvalue weighted by atomic mass is 32.2. The van der Waals surface area contributed by atoms with Crippen molar-refractivity contribution in [2.24, 2.45) is 7.05 Å². The molecule has 3 rings (SSSR count). The number of H-pyrrole nitrogens is 1. The molecule has 8 heteroatoms. The van der Waals surface area contributed by atoms with Gasteiger partial charge in [-0.1, -0.05) is 12.1 Å². The minimum atomic E-state index is -3.72. The van der Waals surface area contributed by atoms with Crippen molar-refractivity contribution in [3.05, 3.63) is 42.4 Å². The molecule has 106 valence electrons. The van der Waals surface area contributed by atoms with Gasteiger partial charge >= 0.3 is 0 Å². The predicted octanol–water partition coefficient (Wildman–Crippen LogP) is 1.57. The van der Waals surface area contributed by atoms with Crippen LogP contribution in [-0.4, -0.2) is 23.2 Å². The Labute approximate surface area is 120 Å². The van der Waals surface area contributed by atoms with Gasteiger partial charge in [0.25, 0.3) is 10.0 Å². The van der Waals surface area contributed by atoms with Crippen LogP contribution in [0.5, 0.6) is 0 Å². The van der Waals surface area contributed by atoms with E-state index < -0.39 is 10.0 Å². The lowest BCUT2D eigenvalue weighted by molar-refractivity contribution is 0.601. The number of nitrogens with zero attached hydrogens (tertiary/aromatic N) is 3. The van der Waals surface area contributed by atoms with E-state index in [0.717, 1.165) is 0 Å². The van der Waals surface area contributed by atoms with Crippen molar-refractivity contribution in [2.45, 2.75) is 4.90 Å². The summed E-state index contributed by atoms with van der Waals surface area (Å²) in [6, 6.07) is 7.13. The van der Waals surface area contributed by atoms with Crippen LogP contribution in [0.15, 0.2) is 41.7 Å². The molecular formula is C13H11N5O2S. The first kappa shape index (κ1) is 13.2. The Morgan fingerprint density at radius 3 is 2.90 bits per heavy atom. The summed E-state index contributed by atoms with van der Waals surface area (Å²) in [7, 11) is -2.07. The quantitative estimate of drug-likeness (QED) is 0.766. The molecule has 2 N–H and O–H groups in total. The first-order chi connectivity index (χ1) is 10.0. The molecule has 2 aromatic heterocycles. The largest absolute Gasteiger partial charge is 0.358 e. The highest BCUT2D eigenvalue weighted by Gasteiger charge is 2.18. The lowest BCUT2D eigenvalue weighted by Crippen LogP contribution is -2.12. The molecule has 0 aliphatic carbocycles. The summed E-state index contributed by atoms with van der Waals surface area (Å²) in [4.78, 5) is 2.99. The van der Waals surface area contributed by atoms with Crippen LogP contribution in [0.25, 0.3) is 10.9 Å². The number of benzene rings is 1. The van der Waals surface area contributed by atoms with Crippen molar-refractivity contribution in [1.29, 1.82) is 5.26 Å². The van der Waals surface area contributed by atoms with Gasteiger partial charge in [0.1, 0.15) is 11.0 Å². The van der Waals surface area contributed by atoms with E-state index in [0.29, 0.717) is 22.2 Å². The minimum Gasteiger partial charge on any atom is -0.358 e. The van der Waals surface area contributed by atoms with Crippen molar-refractivity contribution >= 4 is 26.6 Å². The van der Waals surface area contributed by atoms with Crippen molar-refractivity contribution in [3.63, 3.8) is 0 Å². The Morgan fingerprint density at radius 2 is 2.24 bits per heavy atom. The zero-order valence-electron chi connectivity index (χ0n) is 11.0. The zero-order chi connectivity index (χ0) is 15.0. The number of hydrogen-bond acceptors (Lipinski definition) is 4. The Kier molecular flexibility index (Phi) is 2.92. The summed E-state index contributed by atoms with van der Waals surface area (Å²) < 4.78 is 28.5. The molecule has 0 aliphatic heterocycles. The third kappa shape index (κ3) is 2.23. The van der Waals surface area contributed by atoms with Crippen molar-refractivity contribution < 1.29 is 8.42 Å². The van der Waals surface area contributed by atoms with Gasteiger partial charge in [-0.3, -0.25) is 9.40 Å². The molecule has 0 fully saturated rings. The number of sulfonamides is 1. The van der Waals surface area contributed by atoms with Gasteiger partial charge in [-0.15, -0.1) is 0 Å². The van der Waals surface area contributed by atoms with Crippen molar-refractivity contribution in [1.82, 2.24) is 14.8 Å². The molecule has 0 saturated carbocycles. The molecule has 0 saturated heterocycles. The number of hydrogen-bond donors (Lipinski definition) is 2. The summed E-state index contributed by atoms with van der Waals surface area (Å²) in [6.45, 7) is 0. The first-order valence-corrected chi connectivity index (χ1v) is 7.51. The van der Waals surface area contributed by atoms with Gasteiger partial charge in [0.2, 0.25) is 0 Å². The molecular weight excluding hydrogens is 290 g/mol. The number of aromatic amines is 1. The molecule has 0 unspecified atom stereocenters. The van der Waals surface area contributed by atoms with E-state index in [-0.39, 0.29) is 4.90 Å². The monoisotopic (exact) mass is 301 g/mol. The Bertz CT molecular complexity index is 962. The molecule has 0 bridgehead atoms. The van der Waals surface area contributed by atoms with Gasteiger partial charge in [0.15, 0.2) is 0 Å². The Hall–Kier alpha value is -2.79. The molecule has 0 radical (unpaired) electrons. The predicted molar refractivity (Wildman–Crippen MR) is 77.0 cm³/mol. The average Bonchev–Trinajstić information content (AvgIpc) is 3.05. The zero-order valence-corrected chi connectivity index (χ0v) is 11.8. The van der Waals surface area contributed by atoms with E-state index in [1.54, 1.807) is 31.4 Å². The fourth-order valence-corrected chi connectivity index (χ4v) is 3.13. The van der Waals surface area contributed by atoms with Crippen LogP contribution in [0.2, 0.25) is 0 Å². The summed E-state index contributed by atoms with van der Waals surface area (Å²) in [5.41, 5.74) is 1.42. The van der Waals surface area contributed by atoms with Crippen LogP contribution in [0, 0.1) is 11.3 Å². The van der Waals surface area contributed by atoms with Gasteiger partial charge in [-0.05, 0) is 6.07 Å². The van der Waals surface area contributed by atoms with Crippen molar-refractivity contribution in [3.8, 4) is 6.07 Å². The van der Waals surface area contributed by atoms with E-state index in [9.17, 15) is 8.42 Å². The highest BCUT2D eigenvalue weighted by Crippen LogP contribution is 2.26. The maximum atomic E-state index is 12.3. The summed E-state index contributed by atoms with van der Waals surface area (Å²) in [5, 5.41) is 13.5. The third-order valence-electron chi connectivity index (χ3n) is 3.07. The lowest BCUT2D eigenvalue weighted by Gasteiger charge is -2.07. The number of nitriles is 1. The van der Waals surface area contributed by atoms with Crippen LogP contribution in [0.3, 0.4) is 0 Å². The summed E-state index contributed by atoms with van der Waals surface area (Å²) >= 11 is 0. The van der Waals surface area contributed by atoms with Crippen molar-refractivity contribution in [2.75, 3.05) is 4.72 Å². The van der Waals surface area contributed by atoms with E-state index in [1.807, 2.05) is 0 Å². The third-order valence-corrected chi connectivity index (χ3v) is 4.39. The molecule has 0 amide bonds. The van der Waals surface area contributed by atoms with Gasteiger partial charge in [-0.2, -0.15) is 10.4 Å². The smallest absolute Gasteiger partial charge is 0.265 e. The Balaban J connectivity index is 2.06. The molecule has 0 atom stereocenters. The lowest BCUT2D eigenvalue weighted by atomic mass is 10.2. The Morgan fingerprint density at radius 1 is 1.43 bits per heavy atom. The molecule has 2 heterocycles. The molecule has 0 spiro atoms. The SMILES string of the molecule is Cn1cc(S(=O)(=O)Nc2cccc3c(C#N)c[nH]c23)cn1. The topological polar surface area (TPSA) is 104 Å². The summed E-state index contributed by atoms with van der Waals surface area (Å²) in [6.07, 6.45) is 4.24. The van der Waals surface area contributed by atoms with Gasteiger partial charge in [0.05, 0.1) is 23.0 Å². The van der Waals surface area contributed by atoms with E-state index in [1.165, 1.54) is 17.1 Å². The second kappa shape index (κ2) is 4.64. The van der Waals surface area contributed by atoms with E-state index >= 15 is 0 Å². The molecule has 0 aliphatic rings. The van der Waals surface area contributed by atoms with Gasteiger partial charge in [0, 0.05) is 24.8 Å². The van der Waals surface area contributed by atoms with Crippen LogP contribution in [-0.2, 0) is 17.1 Å². The van der Waals surface area contributed by atoms with Gasteiger partial charge in [-0.25, -0.2) is 8.42 Å². The first-order valence-electron chi connectivity index (χ1n) is 6.03. The number of anilines is 1. The number of aryl methyl sites for hydroxylation is 1. The molecule has 1 aromatic carbocycles. The fourth-order valence-electron chi connectivity index (χ4n) is 2.07. The van der Waals surface area contributed by atoms with E-state index in [4.69, 9.17) is 5.26 Å². The maximum Gasteiger partial charge on any atom is 0.265 e. The standard InChI is InChI=1S/C13H11N5O2S/c1-18-8-10(7-16-18)21(19,20)17-12-4-2-3-11-9(5-14)6-15-13(11)12/h2-4,6-8,15,17H,1H3. The number of rotatable bonds is 3. The van der Waals surface area contributed by atoms with Crippen LogP contribution < -0.4 is 4.72 Å². The van der Waals surface area contributed by atoms with Gasteiger partial charge < -0.3 is 4.98 Å². The number of fused-ring (bicyclic) bond motifs is 1. The van der Waals surface area contributed by atoms with E-state index in [2.05, 4.69) is 20.9 Å². The number of nitrogens with one attached hydrogen (secondary N) is 2. The number of aromatic nitrogens is 3. The second-order valence-corrected chi connectivity index (χ2v) is 6.18. The average molecular weight is 301 g/mol. The fraction of sp³-hybridized carbons (Fsp3) is 0.0769. The van der Waals surface area contributed by atoms with Crippen LogP contribution in [0.1, 0.15) is 5.56 Å². The van der Waals surface area contributed by atoms with Crippen LogP contribution in [0.4, 0.5) is 5.69 Å². The van der Waals surface area contributed by atoms with Crippen LogP contribution >= 0.6 is 0 Å². The molecule has 21 heavy (non-hydrogen) atoms. The second-order valence-electron chi connectivity index (χ2n) is 4.50. The normalized spacial score (nSPS) is 11.4. The highest BCUT2D eigenvalue weighted by molar-refractivity contribution is 7.92. The maximum absolute atomic E-state index is 12.3. The summed E-state index contributed by atoms with van der Waals surface area (Å²) in [5.74, 6) is 0. The molecule has 3 aromatic rings. The number of para-hydroxylation sites is 1. The molecule has 7 nitrogen and oxygen atoms in total.